The van der Waals surface area contributed by atoms with Crippen molar-refractivity contribution in [1.82, 2.24) is 15.1 Å². The fraction of sp³-hybridized carbons (Fsp3) is 0.600. The Kier molecular flexibility index (Phi) is 7.48. The zero-order chi connectivity index (χ0) is 20.1. The summed E-state index contributed by atoms with van der Waals surface area (Å²) in [5.74, 6) is 0.187. The van der Waals surface area contributed by atoms with Crippen molar-refractivity contribution < 1.29 is 14.5 Å². The third-order valence-electron chi connectivity index (χ3n) is 5.41. The molecule has 0 saturated carbocycles. The Morgan fingerprint density at radius 3 is 2.71 bits per heavy atom. The summed E-state index contributed by atoms with van der Waals surface area (Å²) in [7, 11) is 0. The molecule has 2 aliphatic rings. The van der Waals surface area contributed by atoms with E-state index in [9.17, 15) is 9.59 Å². The van der Waals surface area contributed by atoms with Gasteiger partial charge in [0.25, 0.3) is 0 Å². The Hall–Kier alpha value is -1.44. The highest BCUT2D eigenvalue weighted by molar-refractivity contribution is 8.01. The first-order chi connectivity index (χ1) is 13.5. The molecule has 0 unspecified atom stereocenters. The summed E-state index contributed by atoms with van der Waals surface area (Å²) >= 11 is 8.06. The number of piperazine rings is 1. The number of nitrogens with zero attached hydrogens (tertiary/aromatic N) is 2. The number of benzene rings is 1. The topological polar surface area (TPSA) is 57.1 Å². The van der Waals surface area contributed by atoms with Crippen LogP contribution in [0.15, 0.2) is 24.3 Å². The number of quaternary nitrogens is 1. The average molecular weight is 426 g/mol. The fourth-order valence-electron chi connectivity index (χ4n) is 3.72. The van der Waals surface area contributed by atoms with Crippen LogP contribution >= 0.6 is 23.4 Å². The summed E-state index contributed by atoms with van der Waals surface area (Å²) in [5, 5.41) is 3.59. The molecule has 0 bridgehead atoms. The van der Waals surface area contributed by atoms with Crippen molar-refractivity contribution in [1.29, 1.82) is 0 Å². The summed E-state index contributed by atoms with van der Waals surface area (Å²) < 4.78 is 0. The van der Waals surface area contributed by atoms with Gasteiger partial charge in [-0.1, -0.05) is 36.7 Å². The smallest absolute Gasteiger partial charge is 0.317 e. The number of carbonyl (C=O) groups is 2. The van der Waals surface area contributed by atoms with Gasteiger partial charge in [-0.15, -0.1) is 11.8 Å². The molecule has 3 rings (SSSR count). The van der Waals surface area contributed by atoms with E-state index in [4.69, 9.17) is 11.6 Å². The molecule has 1 aromatic rings. The minimum atomic E-state index is -0.0459. The number of hydrogen-bond donors (Lipinski definition) is 2. The van der Waals surface area contributed by atoms with Crippen molar-refractivity contribution in [2.24, 2.45) is 0 Å². The van der Waals surface area contributed by atoms with Gasteiger partial charge in [-0.25, -0.2) is 4.79 Å². The van der Waals surface area contributed by atoms with E-state index < -0.39 is 0 Å². The summed E-state index contributed by atoms with van der Waals surface area (Å²) in [4.78, 5) is 30.1. The number of hydrogen-bond acceptors (Lipinski definition) is 3. The summed E-state index contributed by atoms with van der Waals surface area (Å²) in [6.07, 6.45) is 0.948. The maximum atomic E-state index is 12.7. The molecule has 2 heterocycles. The molecule has 2 saturated heterocycles. The fourth-order valence-corrected chi connectivity index (χ4v) is 5.37. The molecular weight excluding hydrogens is 396 g/mol. The van der Waals surface area contributed by atoms with Gasteiger partial charge in [-0.2, -0.15) is 0 Å². The van der Waals surface area contributed by atoms with E-state index in [-0.39, 0.29) is 22.6 Å². The lowest BCUT2D eigenvalue weighted by atomic mass is 10.2. The molecule has 2 fully saturated rings. The Balaban J connectivity index is 1.54. The number of carbonyl (C=O) groups excluding carboxylic acids is 2. The normalized spacial score (nSPS) is 23.3. The van der Waals surface area contributed by atoms with Crippen LogP contribution in [0.1, 0.15) is 31.2 Å². The average Bonchev–Trinajstić information content (AvgIpc) is 2.99. The number of halogens is 1. The van der Waals surface area contributed by atoms with Crippen LogP contribution in [0, 0.1) is 0 Å². The molecule has 0 spiro atoms. The van der Waals surface area contributed by atoms with Gasteiger partial charge >= 0.3 is 6.03 Å². The third kappa shape index (κ3) is 4.93. The lowest BCUT2D eigenvalue weighted by Gasteiger charge is -2.33. The molecule has 3 amide bonds. The van der Waals surface area contributed by atoms with Crippen molar-refractivity contribution in [3.63, 3.8) is 0 Å². The highest BCUT2D eigenvalue weighted by Gasteiger charge is 2.39. The molecule has 28 heavy (non-hydrogen) atoms. The molecule has 6 nitrogen and oxygen atoms in total. The van der Waals surface area contributed by atoms with Crippen LogP contribution < -0.4 is 10.2 Å². The molecule has 1 aromatic carbocycles. The van der Waals surface area contributed by atoms with Crippen LogP contribution in [0.4, 0.5) is 4.79 Å². The largest absolute Gasteiger partial charge is 0.338 e. The van der Waals surface area contributed by atoms with Crippen LogP contribution in [0.25, 0.3) is 0 Å². The van der Waals surface area contributed by atoms with Gasteiger partial charge in [0, 0.05) is 17.1 Å². The third-order valence-corrected chi connectivity index (χ3v) is 7.13. The highest BCUT2D eigenvalue weighted by atomic mass is 35.5. The van der Waals surface area contributed by atoms with Crippen LogP contribution in [0.3, 0.4) is 0 Å². The minimum Gasteiger partial charge on any atom is -0.338 e. The van der Waals surface area contributed by atoms with Crippen LogP contribution in [0.5, 0.6) is 0 Å². The first-order valence-corrected chi connectivity index (χ1v) is 11.4. The SMILES string of the molecule is CCCNC(=O)N1CC[NH+](CCN2C(=O)[C@@H](C)S[C@H]2c2ccccc2Cl)CC1. The number of nitrogens with one attached hydrogen (secondary N) is 2. The van der Waals surface area contributed by atoms with Crippen LogP contribution in [0.2, 0.25) is 5.02 Å². The van der Waals surface area contributed by atoms with E-state index in [0.29, 0.717) is 11.6 Å². The Labute approximate surface area is 176 Å². The number of rotatable bonds is 6. The summed E-state index contributed by atoms with van der Waals surface area (Å²) in [5.41, 5.74) is 1.01. The van der Waals surface area contributed by atoms with E-state index >= 15 is 0 Å². The van der Waals surface area contributed by atoms with Gasteiger partial charge < -0.3 is 20.0 Å². The second-order valence-electron chi connectivity index (χ2n) is 7.40. The zero-order valence-corrected chi connectivity index (χ0v) is 18.2. The molecule has 0 aliphatic carbocycles. The molecule has 2 atom stereocenters. The first kappa shape index (κ1) is 21.3. The second-order valence-corrected chi connectivity index (χ2v) is 9.24. The van der Waals surface area contributed by atoms with Gasteiger partial charge in [0.1, 0.15) is 5.37 Å². The molecule has 2 N–H and O–H groups in total. The first-order valence-electron chi connectivity index (χ1n) is 10.1. The van der Waals surface area contributed by atoms with Gasteiger partial charge in [0.2, 0.25) is 5.91 Å². The standard InChI is InChI=1S/C20H29ClN4O2S/c1-3-8-22-20(27)24-12-9-23(10-13-24)11-14-25-18(26)15(2)28-19(25)16-6-4-5-7-17(16)21/h4-7,15,19H,3,8-14H2,1-2H3,(H,22,27)/p+1/t15-,19+/m1/s1. The zero-order valence-electron chi connectivity index (χ0n) is 16.6. The van der Waals surface area contributed by atoms with Gasteiger partial charge in [0.05, 0.1) is 44.5 Å². The molecule has 0 aromatic heterocycles. The van der Waals surface area contributed by atoms with Crippen LogP contribution in [-0.2, 0) is 4.79 Å². The van der Waals surface area contributed by atoms with E-state index in [0.717, 1.165) is 51.3 Å². The van der Waals surface area contributed by atoms with Crippen molar-refractivity contribution in [2.75, 3.05) is 45.8 Å². The molecular formula is C20H30ClN4O2S+. The van der Waals surface area contributed by atoms with E-state index in [1.54, 1.807) is 11.8 Å². The predicted octanol–water partition coefficient (Wildman–Crippen LogP) is 1.62. The maximum absolute atomic E-state index is 12.7. The van der Waals surface area contributed by atoms with Gasteiger partial charge in [-0.05, 0) is 19.4 Å². The van der Waals surface area contributed by atoms with Crippen molar-refractivity contribution >= 4 is 35.3 Å². The lowest BCUT2D eigenvalue weighted by molar-refractivity contribution is -0.903. The van der Waals surface area contributed by atoms with E-state index in [1.807, 2.05) is 41.0 Å². The minimum absolute atomic E-state index is 0.0169. The Bertz CT molecular complexity index is 697. The van der Waals surface area contributed by atoms with Crippen molar-refractivity contribution in [2.45, 2.75) is 30.9 Å². The van der Waals surface area contributed by atoms with E-state index in [1.165, 1.54) is 4.90 Å². The predicted molar refractivity (Wildman–Crippen MR) is 114 cm³/mol. The number of amides is 3. The quantitative estimate of drug-likeness (QED) is 0.728. The van der Waals surface area contributed by atoms with Gasteiger partial charge in [0.15, 0.2) is 0 Å². The summed E-state index contributed by atoms with van der Waals surface area (Å²) in [6.45, 7) is 9.71. The van der Waals surface area contributed by atoms with Crippen LogP contribution in [-0.4, -0.2) is 72.8 Å². The highest BCUT2D eigenvalue weighted by Crippen LogP contribution is 2.44. The Morgan fingerprint density at radius 1 is 1.32 bits per heavy atom. The Morgan fingerprint density at radius 2 is 2.04 bits per heavy atom. The summed E-state index contributed by atoms with van der Waals surface area (Å²) in [6, 6.07) is 7.83. The second kappa shape index (κ2) is 9.85. The van der Waals surface area contributed by atoms with E-state index in [2.05, 4.69) is 12.2 Å². The van der Waals surface area contributed by atoms with Crippen molar-refractivity contribution in [3.05, 3.63) is 34.9 Å². The number of urea groups is 1. The molecule has 2 aliphatic heterocycles. The molecule has 154 valence electrons. The maximum Gasteiger partial charge on any atom is 0.317 e. The van der Waals surface area contributed by atoms with Gasteiger partial charge in [-0.3, -0.25) is 4.79 Å². The molecule has 0 radical (unpaired) electrons. The number of thioether (sulfide) groups is 1. The van der Waals surface area contributed by atoms with Crippen molar-refractivity contribution in [3.8, 4) is 0 Å². The lowest BCUT2D eigenvalue weighted by Crippen LogP contribution is -3.15. The monoisotopic (exact) mass is 425 g/mol. The molecule has 8 heteroatoms.